The highest BCUT2D eigenvalue weighted by molar-refractivity contribution is 7.90. The van der Waals surface area contributed by atoms with Gasteiger partial charge in [0.1, 0.15) is 0 Å². The molecule has 3 N–H and O–H groups in total. The smallest absolute Gasteiger partial charge is 0.301 e. The van der Waals surface area contributed by atoms with Crippen molar-refractivity contribution in [2.45, 2.75) is 19.3 Å². The minimum Gasteiger partial charge on any atom is -0.396 e. The van der Waals surface area contributed by atoms with E-state index in [2.05, 4.69) is 9.71 Å². The lowest BCUT2D eigenvalue weighted by Crippen LogP contribution is -2.39. The van der Waals surface area contributed by atoms with E-state index in [1.807, 2.05) is 0 Å². The fourth-order valence-corrected chi connectivity index (χ4v) is 3.14. The highest BCUT2D eigenvalue weighted by Gasteiger charge is 2.24. The second-order valence-corrected chi connectivity index (χ2v) is 5.70. The third kappa shape index (κ3) is 2.86. The van der Waals surface area contributed by atoms with E-state index in [0.29, 0.717) is 24.5 Å². The second kappa shape index (κ2) is 4.89. The lowest BCUT2D eigenvalue weighted by molar-refractivity contribution is 0.349. The summed E-state index contributed by atoms with van der Waals surface area (Å²) >= 11 is 0. The quantitative estimate of drug-likeness (QED) is 0.837. The van der Waals surface area contributed by atoms with Crippen LogP contribution in [0.15, 0.2) is 18.5 Å². The summed E-state index contributed by atoms with van der Waals surface area (Å²) in [7, 11) is -3.48. The van der Waals surface area contributed by atoms with Crippen LogP contribution in [-0.4, -0.2) is 30.8 Å². The SMILES string of the molecule is Nc1cnccc1NS(=O)(=O)N1CCCCC1. The molecule has 0 bridgehead atoms. The Morgan fingerprint density at radius 2 is 2.00 bits per heavy atom. The van der Waals surface area contributed by atoms with Gasteiger partial charge >= 0.3 is 10.2 Å². The molecule has 0 spiro atoms. The predicted molar refractivity (Wildman–Crippen MR) is 66.6 cm³/mol. The molecule has 1 aromatic rings. The largest absolute Gasteiger partial charge is 0.396 e. The van der Waals surface area contributed by atoms with E-state index >= 15 is 0 Å². The molecule has 1 saturated heterocycles. The Balaban J connectivity index is 2.14. The van der Waals surface area contributed by atoms with E-state index in [1.54, 1.807) is 6.07 Å². The van der Waals surface area contributed by atoms with Crippen molar-refractivity contribution in [3.8, 4) is 0 Å². The van der Waals surface area contributed by atoms with Gasteiger partial charge in [-0.05, 0) is 18.9 Å². The first-order chi connectivity index (χ1) is 8.09. The maximum Gasteiger partial charge on any atom is 0.301 e. The monoisotopic (exact) mass is 256 g/mol. The average Bonchev–Trinajstić information content (AvgIpc) is 2.33. The van der Waals surface area contributed by atoms with Crippen molar-refractivity contribution in [2.75, 3.05) is 23.5 Å². The van der Waals surface area contributed by atoms with Crippen molar-refractivity contribution in [1.29, 1.82) is 0 Å². The Bertz CT molecular complexity index is 483. The van der Waals surface area contributed by atoms with Gasteiger partial charge in [0.15, 0.2) is 0 Å². The second-order valence-electron chi connectivity index (χ2n) is 4.03. The average molecular weight is 256 g/mol. The number of hydrogen-bond acceptors (Lipinski definition) is 4. The third-order valence-corrected chi connectivity index (χ3v) is 4.27. The van der Waals surface area contributed by atoms with Crippen LogP contribution < -0.4 is 10.5 Å². The van der Waals surface area contributed by atoms with Crippen LogP contribution in [0.1, 0.15) is 19.3 Å². The zero-order valence-corrected chi connectivity index (χ0v) is 10.3. The van der Waals surface area contributed by atoms with Crippen LogP contribution >= 0.6 is 0 Å². The standard InChI is InChI=1S/C10H16N4O2S/c11-9-8-12-5-4-10(9)13-17(15,16)14-6-2-1-3-7-14/h4-5,8H,1-3,6-7,11H2,(H,12,13). The van der Waals surface area contributed by atoms with Crippen molar-refractivity contribution < 1.29 is 8.42 Å². The Kier molecular flexibility index (Phi) is 3.49. The van der Waals surface area contributed by atoms with E-state index in [1.165, 1.54) is 16.7 Å². The molecule has 0 radical (unpaired) electrons. The summed E-state index contributed by atoms with van der Waals surface area (Å²) in [6.45, 7) is 1.14. The molecule has 94 valence electrons. The molecular formula is C10H16N4O2S. The molecule has 1 fully saturated rings. The number of nitrogens with zero attached hydrogens (tertiary/aromatic N) is 2. The minimum absolute atomic E-state index is 0.327. The number of nitrogens with one attached hydrogen (secondary N) is 1. The van der Waals surface area contributed by atoms with Gasteiger partial charge in [-0.25, -0.2) is 0 Å². The zero-order chi connectivity index (χ0) is 12.3. The van der Waals surface area contributed by atoms with E-state index in [4.69, 9.17) is 5.73 Å². The maximum atomic E-state index is 12.0. The van der Waals surface area contributed by atoms with Gasteiger partial charge in [0, 0.05) is 19.3 Å². The molecule has 1 aliphatic heterocycles. The summed E-state index contributed by atoms with van der Waals surface area (Å²) in [6, 6.07) is 1.55. The van der Waals surface area contributed by atoms with Gasteiger partial charge in [0.2, 0.25) is 0 Å². The van der Waals surface area contributed by atoms with Gasteiger partial charge in [-0.1, -0.05) is 6.42 Å². The molecule has 7 heteroatoms. The topological polar surface area (TPSA) is 88.3 Å². The first-order valence-corrected chi connectivity index (χ1v) is 7.01. The van der Waals surface area contributed by atoms with Gasteiger partial charge in [0.25, 0.3) is 0 Å². The van der Waals surface area contributed by atoms with Crippen LogP contribution in [0.25, 0.3) is 0 Å². The third-order valence-electron chi connectivity index (χ3n) is 2.75. The predicted octanol–water partition coefficient (Wildman–Crippen LogP) is 0.806. The van der Waals surface area contributed by atoms with Crippen LogP contribution in [0.5, 0.6) is 0 Å². The molecule has 0 amide bonds. The molecule has 2 rings (SSSR count). The first-order valence-electron chi connectivity index (χ1n) is 5.57. The number of rotatable bonds is 3. The van der Waals surface area contributed by atoms with Crippen molar-refractivity contribution in [3.05, 3.63) is 18.5 Å². The summed E-state index contributed by atoms with van der Waals surface area (Å²) in [6.07, 6.45) is 5.83. The molecule has 0 unspecified atom stereocenters. The number of piperidine rings is 1. The lowest BCUT2D eigenvalue weighted by atomic mass is 10.2. The number of hydrogen-bond donors (Lipinski definition) is 2. The Labute approximate surface area is 101 Å². The van der Waals surface area contributed by atoms with Crippen LogP contribution in [0.2, 0.25) is 0 Å². The molecule has 1 aromatic heterocycles. The summed E-state index contributed by atoms with van der Waals surface area (Å²) in [5.74, 6) is 0. The molecule has 0 atom stereocenters. The molecule has 0 aliphatic carbocycles. The van der Waals surface area contributed by atoms with Crippen molar-refractivity contribution >= 4 is 21.6 Å². The molecule has 1 aliphatic rings. The number of anilines is 2. The molecule has 6 nitrogen and oxygen atoms in total. The summed E-state index contributed by atoms with van der Waals surface area (Å²) in [4.78, 5) is 3.81. The number of nitrogens with two attached hydrogens (primary N) is 1. The molecule has 17 heavy (non-hydrogen) atoms. The first kappa shape index (κ1) is 12.1. The highest BCUT2D eigenvalue weighted by atomic mass is 32.2. The molecular weight excluding hydrogens is 240 g/mol. The van der Waals surface area contributed by atoms with Crippen LogP contribution in [0.3, 0.4) is 0 Å². The summed E-state index contributed by atoms with van der Waals surface area (Å²) in [5.41, 5.74) is 6.36. The fraction of sp³-hybridized carbons (Fsp3) is 0.500. The van der Waals surface area contributed by atoms with Crippen LogP contribution in [-0.2, 0) is 10.2 Å². The molecule has 2 heterocycles. The summed E-state index contributed by atoms with van der Waals surface area (Å²) in [5, 5.41) is 0. The Hall–Kier alpha value is -1.34. The van der Waals surface area contributed by atoms with Gasteiger partial charge in [0.05, 0.1) is 17.6 Å². The lowest BCUT2D eigenvalue weighted by Gasteiger charge is -2.26. The van der Waals surface area contributed by atoms with Gasteiger partial charge in [-0.15, -0.1) is 0 Å². The van der Waals surface area contributed by atoms with Gasteiger partial charge in [-0.2, -0.15) is 12.7 Å². The van der Waals surface area contributed by atoms with E-state index in [9.17, 15) is 8.42 Å². The highest BCUT2D eigenvalue weighted by Crippen LogP contribution is 2.20. The van der Waals surface area contributed by atoms with Crippen molar-refractivity contribution in [1.82, 2.24) is 9.29 Å². The fourth-order valence-electron chi connectivity index (χ4n) is 1.81. The minimum atomic E-state index is -3.48. The van der Waals surface area contributed by atoms with Gasteiger partial charge in [-0.3, -0.25) is 9.71 Å². The van der Waals surface area contributed by atoms with Crippen molar-refractivity contribution in [3.63, 3.8) is 0 Å². The van der Waals surface area contributed by atoms with Crippen molar-refractivity contribution in [2.24, 2.45) is 0 Å². The van der Waals surface area contributed by atoms with E-state index in [0.717, 1.165) is 19.3 Å². The molecule has 0 aromatic carbocycles. The maximum absolute atomic E-state index is 12.0. The number of pyridine rings is 1. The van der Waals surface area contributed by atoms with Gasteiger partial charge < -0.3 is 5.73 Å². The zero-order valence-electron chi connectivity index (χ0n) is 9.46. The molecule has 0 saturated carbocycles. The van der Waals surface area contributed by atoms with E-state index in [-0.39, 0.29) is 0 Å². The van der Waals surface area contributed by atoms with Crippen LogP contribution in [0.4, 0.5) is 11.4 Å². The normalized spacial score (nSPS) is 17.9. The van der Waals surface area contributed by atoms with E-state index < -0.39 is 10.2 Å². The Morgan fingerprint density at radius 3 is 2.65 bits per heavy atom. The number of nitrogen functional groups attached to an aromatic ring is 1. The summed E-state index contributed by atoms with van der Waals surface area (Å²) < 4.78 is 28.0. The Morgan fingerprint density at radius 1 is 1.29 bits per heavy atom. The number of aromatic nitrogens is 1. The van der Waals surface area contributed by atoms with Crippen LogP contribution in [0, 0.1) is 0 Å².